The van der Waals surface area contributed by atoms with Gasteiger partial charge in [0.15, 0.2) is 5.82 Å². The number of nitriles is 1. The third-order valence-corrected chi connectivity index (χ3v) is 5.80. The fraction of sp³-hybridized carbons (Fsp3) is 0.579. The van der Waals surface area contributed by atoms with Crippen molar-refractivity contribution in [3.63, 3.8) is 0 Å². The first-order valence-corrected chi connectivity index (χ1v) is 9.37. The Bertz CT molecular complexity index is 991. The number of aliphatic hydroxyl groups is 2. The van der Waals surface area contributed by atoms with Gasteiger partial charge >= 0.3 is 5.97 Å². The van der Waals surface area contributed by atoms with Crippen molar-refractivity contribution in [2.75, 3.05) is 12.3 Å². The number of aliphatic hydroxyl groups excluding tert-OH is 2. The fourth-order valence-corrected chi connectivity index (χ4v) is 4.21. The van der Waals surface area contributed by atoms with E-state index in [-0.39, 0.29) is 17.2 Å². The second-order valence-corrected chi connectivity index (χ2v) is 8.55. The summed E-state index contributed by atoms with van der Waals surface area (Å²) in [6, 6.07) is 5.15. The highest BCUT2D eigenvalue weighted by atomic mass is 16.6. The minimum atomic E-state index is -1.89. The molecule has 1 aliphatic carbocycles. The molecule has 0 aromatic carbocycles. The summed E-state index contributed by atoms with van der Waals surface area (Å²) in [6.07, 6.45) is -1.40. The van der Waals surface area contributed by atoms with E-state index in [1.807, 2.05) is 6.07 Å². The number of nitrogens with zero attached hydrogens (tertiary/aromatic N) is 4. The second-order valence-electron chi connectivity index (χ2n) is 8.55. The summed E-state index contributed by atoms with van der Waals surface area (Å²) in [5.41, 5.74) is 4.93. The Kier molecular flexibility index (Phi) is 4.49. The Hall–Kier alpha value is -2.74. The topological polar surface area (TPSA) is 156 Å². The Labute approximate surface area is 166 Å². The number of rotatable bonds is 4. The van der Waals surface area contributed by atoms with E-state index in [9.17, 15) is 20.3 Å². The van der Waals surface area contributed by atoms with E-state index in [1.165, 1.54) is 10.8 Å². The second kappa shape index (κ2) is 6.66. The first-order chi connectivity index (χ1) is 13.7. The molecule has 10 heteroatoms. The monoisotopic (exact) mass is 401 g/mol. The molecular formula is C19H23N5O5. The molecular weight excluding hydrogens is 378 g/mol. The van der Waals surface area contributed by atoms with Gasteiger partial charge in [-0.3, -0.25) is 4.79 Å². The van der Waals surface area contributed by atoms with Crippen molar-refractivity contribution in [1.82, 2.24) is 14.6 Å². The zero-order valence-electron chi connectivity index (χ0n) is 16.1. The van der Waals surface area contributed by atoms with Crippen LogP contribution < -0.4 is 5.73 Å². The number of carbonyl (C=O) groups is 1. The largest absolute Gasteiger partial charge is 0.461 e. The SMILES string of the molecule is CC1(C)CC(C(=O)OC[C@@]2(C#N)O[C@@H](c3ccc4c(N)ncnn34)[C@H](O)[C@@H]2O)C1. The molecule has 2 aromatic rings. The number of hydrogen-bond acceptors (Lipinski definition) is 9. The molecule has 1 saturated carbocycles. The summed E-state index contributed by atoms with van der Waals surface area (Å²) in [6.45, 7) is 3.65. The van der Waals surface area contributed by atoms with E-state index in [2.05, 4.69) is 23.9 Å². The van der Waals surface area contributed by atoms with E-state index >= 15 is 0 Å². The maximum atomic E-state index is 12.3. The molecule has 10 nitrogen and oxygen atoms in total. The lowest BCUT2D eigenvalue weighted by atomic mass is 9.64. The molecule has 2 aromatic heterocycles. The number of aromatic nitrogens is 3. The van der Waals surface area contributed by atoms with Crippen molar-refractivity contribution in [2.24, 2.45) is 11.3 Å². The summed E-state index contributed by atoms with van der Waals surface area (Å²) in [4.78, 5) is 16.2. The number of hydrogen-bond donors (Lipinski definition) is 3. The van der Waals surface area contributed by atoms with Gasteiger partial charge in [-0.25, -0.2) is 9.50 Å². The van der Waals surface area contributed by atoms with Gasteiger partial charge in [0.1, 0.15) is 42.8 Å². The van der Waals surface area contributed by atoms with Crippen LogP contribution in [-0.2, 0) is 14.3 Å². The normalized spacial score (nSPS) is 31.3. The van der Waals surface area contributed by atoms with Gasteiger partial charge in [0, 0.05) is 0 Å². The third kappa shape index (κ3) is 3.11. The Morgan fingerprint density at radius 2 is 2.17 bits per heavy atom. The lowest BCUT2D eigenvalue weighted by molar-refractivity contribution is -0.166. The summed E-state index contributed by atoms with van der Waals surface area (Å²) in [5.74, 6) is -0.418. The predicted molar refractivity (Wildman–Crippen MR) is 99.0 cm³/mol. The van der Waals surface area contributed by atoms with Crippen molar-refractivity contribution in [2.45, 2.75) is 50.6 Å². The molecule has 3 heterocycles. The highest BCUT2D eigenvalue weighted by Gasteiger charge is 2.57. The molecule has 0 radical (unpaired) electrons. The number of fused-ring (bicyclic) bond motifs is 1. The molecule has 2 fully saturated rings. The Balaban J connectivity index is 1.54. The lowest BCUT2D eigenvalue weighted by Gasteiger charge is -2.41. The first-order valence-electron chi connectivity index (χ1n) is 9.37. The maximum absolute atomic E-state index is 12.3. The molecule has 2 aliphatic rings. The van der Waals surface area contributed by atoms with Crippen LogP contribution in [0.2, 0.25) is 0 Å². The molecule has 0 spiro atoms. The highest BCUT2D eigenvalue weighted by Crippen LogP contribution is 2.46. The van der Waals surface area contributed by atoms with Crippen LogP contribution in [-0.4, -0.2) is 55.2 Å². The van der Waals surface area contributed by atoms with Crippen LogP contribution in [0, 0.1) is 22.7 Å². The molecule has 154 valence electrons. The molecule has 29 heavy (non-hydrogen) atoms. The van der Waals surface area contributed by atoms with Gasteiger partial charge in [0.05, 0.1) is 11.6 Å². The predicted octanol–water partition coefficient (Wildman–Crippen LogP) is 0.346. The van der Waals surface area contributed by atoms with E-state index in [4.69, 9.17) is 15.2 Å². The minimum Gasteiger partial charge on any atom is -0.461 e. The molecule has 1 saturated heterocycles. The molecule has 0 bridgehead atoms. The minimum absolute atomic E-state index is 0.0982. The number of ether oxygens (including phenoxy) is 2. The lowest BCUT2D eigenvalue weighted by Crippen LogP contribution is -2.47. The highest BCUT2D eigenvalue weighted by molar-refractivity contribution is 5.73. The number of nitrogens with two attached hydrogens (primary N) is 1. The van der Waals surface area contributed by atoms with Crippen molar-refractivity contribution in [3.05, 3.63) is 24.2 Å². The molecule has 4 rings (SSSR count). The Morgan fingerprint density at radius 3 is 2.83 bits per heavy atom. The van der Waals surface area contributed by atoms with Crippen LogP contribution in [0.4, 0.5) is 5.82 Å². The molecule has 0 amide bonds. The fourth-order valence-electron chi connectivity index (χ4n) is 4.21. The number of esters is 1. The van der Waals surface area contributed by atoms with E-state index < -0.39 is 36.5 Å². The number of nitrogen functional groups attached to an aromatic ring is 1. The third-order valence-electron chi connectivity index (χ3n) is 5.80. The van der Waals surface area contributed by atoms with E-state index in [0.717, 1.165) is 0 Å². The summed E-state index contributed by atoms with van der Waals surface area (Å²) >= 11 is 0. The van der Waals surface area contributed by atoms with Gasteiger partial charge in [-0.2, -0.15) is 10.4 Å². The van der Waals surface area contributed by atoms with Crippen LogP contribution in [0.3, 0.4) is 0 Å². The van der Waals surface area contributed by atoms with E-state index in [1.54, 1.807) is 12.1 Å². The maximum Gasteiger partial charge on any atom is 0.309 e. The average Bonchev–Trinajstić information content (AvgIpc) is 3.20. The number of carbonyl (C=O) groups excluding carboxylic acids is 1. The van der Waals surface area contributed by atoms with Gasteiger partial charge in [0.2, 0.25) is 5.60 Å². The van der Waals surface area contributed by atoms with Crippen LogP contribution in [0.5, 0.6) is 0 Å². The van der Waals surface area contributed by atoms with Crippen LogP contribution >= 0.6 is 0 Å². The summed E-state index contributed by atoms with van der Waals surface area (Å²) in [5, 5.41) is 34.9. The molecule has 1 aliphatic heterocycles. The van der Waals surface area contributed by atoms with Gasteiger partial charge in [-0.05, 0) is 30.4 Å². The quantitative estimate of drug-likeness (QED) is 0.615. The van der Waals surface area contributed by atoms with Gasteiger partial charge in [0.25, 0.3) is 0 Å². The molecule has 0 unspecified atom stereocenters. The smallest absolute Gasteiger partial charge is 0.309 e. The van der Waals surface area contributed by atoms with Crippen LogP contribution in [0.1, 0.15) is 38.5 Å². The van der Waals surface area contributed by atoms with Crippen LogP contribution in [0.15, 0.2) is 18.5 Å². The van der Waals surface area contributed by atoms with Gasteiger partial charge < -0.3 is 25.4 Å². The van der Waals surface area contributed by atoms with Crippen molar-refractivity contribution in [3.8, 4) is 6.07 Å². The zero-order valence-corrected chi connectivity index (χ0v) is 16.1. The van der Waals surface area contributed by atoms with Crippen molar-refractivity contribution >= 4 is 17.3 Å². The van der Waals surface area contributed by atoms with Gasteiger partial charge in [-0.1, -0.05) is 13.8 Å². The first kappa shape index (κ1) is 19.6. The summed E-state index contributed by atoms with van der Waals surface area (Å²) < 4.78 is 12.5. The van der Waals surface area contributed by atoms with Crippen LogP contribution in [0.25, 0.3) is 5.52 Å². The standard InChI is InChI=1S/C19H23N5O5/c1-18(2)5-10(6-18)17(27)28-8-19(7-20)15(26)13(25)14(29-19)11-3-4-12-16(21)22-9-23-24(11)12/h3-4,9-10,13-15,25-26H,5-6,8H2,1-2H3,(H2,21,22,23)/t13-,14-,15-,19+/m0/s1. The number of anilines is 1. The molecule has 4 N–H and O–H groups in total. The van der Waals surface area contributed by atoms with Crippen molar-refractivity contribution < 1.29 is 24.5 Å². The molecule has 4 atom stereocenters. The van der Waals surface area contributed by atoms with E-state index in [0.29, 0.717) is 24.1 Å². The zero-order chi connectivity index (χ0) is 21.0. The summed E-state index contributed by atoms with van der Waals surface area (Å²) in [7, 11) is 0. The van der Waals surface area contributed by atoms with Crippen molar-refractivity contribution in [1.29, 1.82) is 5.26 Å². The average molecular weight is 401 g/mol. The van der Waals surface area contributed by atoms with Gasteiger partial charge in [-0.15, -0.1) is 0 Å². The Morgan fingerprint density at radius 1 is 1.45 bits per heavy atom.